The molecule has 1 N–H and O–H groups in total. The lowest BCUT2D eigenvalue weighted by Gasteiger charge is -2.18. The lowest BCUT2D eigenvalue weighted by molar-refractivity contribution is -0.136. The second-order valence-electron chi connectivity index (χ2n) is 9.06. The average molecular weight is 538 g/mol. The van der Waals surface area contributed by atoms with E-state index in [2.05, 4.69) is 4.72 Å². The van der Waals surface area contributed by atoms with Gasteiger partial charge in [-0.1, -0.05) is 59.6 Å². The monoisotopic (exact) mass is 537 g/mol. The SMILES string of the molecule is Cc1ccc(S(=O)(=O)NC(Cc2ccccc2)C(=O)Oc2cc3oc4c(c(=O)c3cc2Cl)CCC4)cc1. The van der Waals surface area contributed by atoms with Gasteiger partial charge in [0.2, 0.25) is 10.0 Å². The molecule has 4 aromatic rings. The number of rotatable bonds is 7. The molecule has 7 nitrogen and oxygen atoms in total. The molecule has 5 rings (SSSR count). The third-order valence-electron chi connectivity index (χ3n) is 6.36. The minimum absolute atomic E-state index is 0.0205. The second kappa shape index (κ2) is 10.1. The number of hydrogen-bond donors (Lipinski definition) is 1. The Balaban J connectivity index is 1.46. The van der Waals surface area contributed by atoms with Gasteiger partial charge in [-0.25, -0.2) is 13.2 Å². The Bertz CT molecular complexity index is 1650. The molecule has 1 heterocycles. The molecule has 0 fully saturated rings. The van der Waals surface area contributed by atoms with E-state index in [0.717, 1.165) is 17.5 Å². The van der Waals surface area contributed by atoms with Gasteiger partial charge in [0.05, 0.1) is 15.3 Å². The fourth-order valence-corrected chi connectivity index (χ4v) is 5.80. The van der Waals surface area contributed by atoms with Crippen molar-refractivity contribution in [3.8, 4) is 5.75 Å². The normalized spacial score (nSPS) is 13.9. The number of halogens is 1. The number of benzene rings is 3. The first-order valence-electron chi connectivity index (χ1n) is 11.8. The predicted molar refractivity (Wildman–Crippen MR) is 141 cm³/mol. The standard InChI is InChI=1S/C28H24ClNO6S/c1-17-10-12-19(13-11-17)37(33,34)30-23(14-18-6-3-2-4-7-18)28(32)36-26-16-25-21(15-22(26)29)27(31)20-8-5-9-24(20)35-25/h2-4,6-7,10-13,15-16,23,30H,5,8-9,14H2,1H3. The highest BCUT2D eigenvalue weighted by Gasteiger charge is 2.29. The van der Waals surface area contributed by atoms with E-state index in [1.165, 1.54) is 24.3 Å². The van der Waals surface area contributed by atoms with Crippen LogP contribution in [-0.2, 0) is 34.1 Å². The number of sulfonamides is 1. The summed E-state index contributed by atoms with van der Waals surface area (Å²) < 4.78 is 40.2. The molecule has 0 amide bonds. The van der Waals surface area contributed by atoms with Gasteiger partial charge in [-0.3, -0.25) is 4.79 Å². The van der Waals surface area contributed by atoms with Gasteiger partial charge in [0, 0.05) is 18.1 Å². The summed E-state index contributed by atoms with van der Waals surface area (Å²) in [5, 5.41) is 0.359. The Kier molecular flexibility index (Phi) is 6.90. The van der Waals surface area contributed by atoms with E-state index < -0.39 is 22.0 Å². The Morgan fingerprint density at radius 3 is 2.54 bits per heavy atom. The first kappa shape index (κ1) is 25.2. The molecule has 1 aromatic heterocycles. The lowest BCUT2D eigenvalue weighted by atomic mass is 10.1. The van der Waals surface area contributed by atoms with Gasteiger partial charge in [-0.2, -0.15) is 4.72 Å². The molecule has 0 radical (unpaired) electrons. The minimum Gasteiger partial charge on any atom is -0.460 e. The van der Waals surface area contributed by atoms with E-state index in [9.17, 15) is 18.0 Å². The molecule has 1 atom stereocenters. The smallest absolute Gasteiger partial charge is 0.329 e. The number of hydrogen-bond acceptors (Lipinski definition) is 6. The van der Waals surface area contributed by atoms with Crippen LogP contribution in [0.15, 0.2) is 80.8 Å². The molecule has 1 aliphatic carbocycles. The van der Waals surface area contributed by atoms with Crippen molar-refractivity contribution in [3.63, 3.8) is 0 Å². The van der Waals surface area contributed by atoms with E-state index in [1.54, 1.807) is 36.4 Å². The third kappa shape index (κ3) is 5.32. The molecule has 37 heavy (non-hydrogen) atoms. The Labute approximate surface area is 219 Å². The Morgan fingerprint density at radius 2 is 1.81 bits per heavy atom. The van der Waals surface area contributed by atoms with Crippen LogP contribution < -0.4 is 14.9 Å². The van der Waals surface area contributed by atoms with Crippen molar-refractivity contribution < 1.29 is 22.4 Å². The molecule has 1 aliphatic rings. The van der Waals surface area contributed by atoms with Crippen molar-refractivity contribution in [2.45, 2.75) is 43.5 Å². The summed E-state index contributed by atoms with van der Waals surface area (Å²) in [6, 6.07) is 16.9. The van der Waals surface area contributed by atoms with Crippen molar-refractivity contribution in [2.24, 2.45) is 0 Å². The molecular formula is C28H24ClNO6S. The van der Waals surface area contributed by atoms with Gasteiger partial charge in [0.1, 0.15) is 17.4 Å². The van der Waals surface area contributed by atoms with E-state index in [-0.39, 0.29) is 33.1 Å². The van der Waals surface area contributed by atoms with Crippen LogP contribution >= 0.6 is 11.6 Å². The Hall–Kier alpha value is -3.46. The van der Waals surface area contributed by atoms with Crippen molar-refractivity contribution in [3.05, 3.63) is 104 Å². The summed E-state index contributed by atoms with van der Waals surface area (Å²) in [4.78, 5) is 26.2. The van der Waals surface area contributed by atoms with Gasteiger partial charge in [-0.05, 0) is 49.9 Å². The summed E-state index contributed by atoms with van der Waals surface area (Å²) in [7, 11) is -4.03. The van der Waals surface area contributed by atoms with E-state index >= 15 is 0 Å². The summed E-state index contributed by atoms with van der Waals surface area (Å²) >= 11 is 6.38. The first-order chi connectivity index (χ1) is 17.7. The highest BCUT2D eigenvalue weighted by Crippen LogP contribution is 2.32. The zero-order chi connectivity index (χ0) is 26.2. The zero-order valence-corrected chi connectivity index (χ0v) is 21.6. The minimum atomic E-state index is -4.03. The van der Waals surface area contributed by atoms with Gasteiger partial charge in [0.25, 0.3) is 0 Å². The predicted octanol–water partition coefficient (Wildman–Crippen LogP) is 4.74. The number of nitrogens with one attached hydrogen (secondary N) is 1. The fraction of sp³-hybridized carbons (Fsp3) is 0.214. The molecular weight excluding hydrogens is 514 g/mol. The van der Waals surface area contributed by atoms with Crippen LogP contribution in [0.5, 0.6) is 5.75 Å². The summed E-state index contributed by atoms with van der Waals surface area (Å²) in [6.45, 7) is 1.85. The van der Waals surface area contributed by atoms with Crippen LogP contribution in [0, 0.1) is 6.92 Å². The molecule has 0 aliphatic heterocycles. The van der Waals surface area contributed by atoms with Crippen LogP contribution in [-0.4, -0.2) is 20.4 Å². The summed E-state index contributed by atoms with van der Waals surface area (Å²) in [5.41, 5.74) is 2.42. The molecule has 0 saturated carbocycles. The maximum absolute atomic E-state index is 13.3. The summed E-state index contributed by atoms with van der Waals surface area (Å²) in [6.07, 6.45) is 2.21. The molecule has 0 bridgehead atoms. The first-order valence-corrected chi connectivity index (χ1v) is 13.7. The quantitative estimate of drug-likeness (QED) is 0.270. The molecule has 9 heteroatoms. The number of carbonyl (C=O) groups is 1. The van der Waals surface area contributed by atoms with Crippen molar-refractivity contribution >= 4 is 38.6 Å². The van der Waals surface area contributed by atoms with Gasteiger partial charge >= 0.3 is 5.97 Å². The van der Waals surface area contributed by atoms with Crippen LogP contribution in [0.3, 0.4) is 0 Å². The molecule has 190 valence electrons. The van der Waals surface area contributed by atoms with E-state index in [0.29, 0.717) is 29.6 Å². The van der Waals surface area contributed by atoms with Crippen LogP contribution in [0.4, 0.5) is 0 Å². The fourth-order valence-electron chi connectivity index (χ4n) is 4.41. The highest BCUT2D eigenvalue weighted by molar-refractivity contribution is 7.89. The number of carbonyl (C=O) groups excluding carboxylic acids is 1. The number of esters is 1. The van der Waals surface area contributed by atoms with Gasteiger partial charge < -0.3 is 9.15 Å². The highest BCUT2D eigenvalue weighted by atomic mass is 35.5. The largest absolute Gasteiger partial charge is 0.460 e. The molecule has 0 saturated heterocycles. The van der Waals surface area contributed by atoms with Gasteiger partial charge in [-0.15, -0.1) is 0 Å². The number of fused-ring (bicyclic) bond motifs is 2. The average Bonchev–Trinajstić information content (AvgIpc) is 3.34. The van der Waals surface area contributed by atoms with Gasteiger partial charge in [0.15, 0.2) is 11.2 Å². The Morgan fingerprint density at radius 1 is 1.08 bits per heavy atom. The number of ether oxygens (including phenoxy) is 1. The second-order valence-corrected chi connectivity index (χ2v) is 11.2. The van der Waals surface area contributed by atoms with Crippen molar-refractivity contribution in [1.29, 1.82) is 0 Å². The maximum Gasteiger partial charge on any atom is 0.329 e. The van der Waals surface area contributed by atoms with Crippen LogP contribution in [0.25, 0.3) is 11.0 Å². The maximum atomic E-state index is 13.3. The molecule has 0 spiro atoms. The lowest BCUT2D eigenvalue weighted by Crippen LogP contribution is -2.44. The van der Waals surface area contributed by atoms with Crippen LogP contribution in [0.1, 0.15) is 28.9 Å². The third-order valence-corrected chi connectivity index (χ3v) is 8.14. The topological polar surface area (TPSA) is 103 Å². The zero-order valence-electron chi connectivity index (χ0n) is 20.0. The van der Waals surface area contributed by atoms with Crippen molar-refractivity contribution in [1.82, 2.24) is 4.72 Å². The molecule has 1 unspecified atom stereocenters. The van der Waals surface area contributed by atoms with Crippen LogP contribution in [0.2, 0.25) is 5.02 Å². The number of aryl methyl sites for hydroxylation is 2. The summed E-state index contributed by atoms with van der Waals surface area (Å²) in [5.74, 6) is -0.234. The van der Waals surface area contributed by atoms with E-state index in [4.69, 9.17) is 20.8 Å². The molecule has 3 aromatic carbocycles. The van der Waals surface area contributed by atoms with E-state index in [1.807, 2.05) is 13.0 Å². The van der Waals surface area contributed by atoms with Crippen molar-refractivity contribution in [2.75, 3.05) is 0 Å².